The van der Waals surface area contributed by atoms with Crippen molar-refractivity contribution in [1.82, 2.24) is 10.6 Å². The smallest absolute Gasteiger partial charge is 0.314 e. The fourth-order valence-corrected chi connectivity index (χ4v) is 1.36. The summed E-state index contributed by atoms with van der Waals surface area (Å²) in [5, 5.41) is 5.43. The van der Waals surface area contributed by atoms with Crippen molar-refractivity contribution in [2.45, 2.75) is 13.3 Å². The molecule has 0 aliphatic heterocycles. The molecule has 0 saturated heterocycles. The Hall–Kier alpha value is -1.91. The lowest BCUT2D eigenvalue weighted by Gasteiger charge is -2.11. The molecule has 5 nitrogen and oxygen atoms in total. The normalized spacial score (nSPS) is 9.67. The highest BCUT2D eigenvalue weighted by Gasteiger charge is 2.02. The Bertz CT molecular complexity index is 369. The van der Waals surface area contributed by atoms with E-state index in [0.29, 0.717) is 31.2 Å². The van der Waals surface area contributed by atoms with Crippen LogP contribution < -0.4 is 20.1 Å². The van der Waals surface area contributed by atoms with Crippen LogP contribution in [-0.2, 0) is 0 Å². The van der Waals surface area contributed by atoms with Crippen molar-refractivity contribution in [2.24, 2.45) is 0 Å². The average molecular weight is 252 g/mol. The summed E-state index contributed by atoms with van der Waals surface area (Å²) in [5.41, 5.74) is 0. The molecule has 0 aliphatic carbocycles. The number of benzene rings is 1. The van der Waals surface area contributed by atoms with E-state index in [1.54, 1.807) is 7.11 Å². The summed E-state index contributed by atoms with van der Waals surface area (Å²) >= 11 is 0. The van der Waals surface area contributed by atoms with Crippen molar-refractivity contribution in [2.75, 3.05) is 26.8 Å². The van der Waals surface area contributed by atoms with Crippen LogP contribution in [0.2, 0.25) is 0 Å². The van der Waals surface area contributed by atoms with Crippen molar-refractivity contribution in [3.8, 4) is 11.5 Å². The highest BCUT2D eigenvalue weighted by Crippen LogP contribution is 2.25. The number of methoxy groups -OCH3 is 1. The van der Waals surface area contributed by atoms with E-state index in [1.165, 1.54) is 0 Å². The molecule has 0 unspecified atom stereocenters. The van der Waals surface area contributed by atoms with Crippen LogP contribution in [-0.4, -0.2) is 32.8 Å². The Kier molecular flexibility index (Phi) is 6.46. The highest BCUT2D eigenvalue weighted by molar-refractivity contribution is 5.73. The van der Waals surface area contributed by atoms with Crippen molar-refractivity contribution in [3.05, 3.63) is 24.3 Å². The zero-order valence-corrected chi connectivity index (χ0v) is 10.9. The van der Waals surface area contributed by atoms with Gasteiger partial charge < -0.3 is 20.1 Å². The van der Waals surface area contributed by atoms with Gasteiger partial charge in [0.2, 0.25) is 0 Å². The first-order chi connectivity index (χ1) is 8.77. The van der Waals surface area contributed by atoms with Crippen LogP contribution in [0, 0.1) is 0 Å². The minimum absolute atomic E-state index is 0.166. The second-order valence-corrected chi connectivity index (χ2v) is 3.68. The van der Waals surface area contributed by atoms with Gasteiger partial charge in [0.25, 0.3) is 0 Å². The van der Waals surface area contributed by atoms with Gasteiger partial charge in [-0.1, -0.05) is 19.1 Å². The van der Waals surface area contributed by atoms with E-state index in [1.807, 2.05) is 31.2 Å². The monoisotopic (exact) mass is 252 g/mol. The fourth-order valence-electron chi connectivity index (χ4n) is 1.36. The highest BCUT2D eigenvalue weighted by atomic mass is 16.5. The fraction of sp³-hybridized carbons (Fsp3) is 0.462. The lowest BCUT2D eigenvalue weighted by molar-refractivity contribution is 0.235. The van der Waals surface area contributed by atoms with Gasteiger partial charge in [0, 0.05) is 6.54 Å². The summed E-state index contributed by atoms with van der Waals surface area (Å²) in [6.45, 7) is 3.54. The lowest BCUT2D eigenvalue weighted by Crippen LogP contribution is -2.37. The van der Waals surface area contributed by atoms with Crippen LogP contribution in [0.15, 0.2) is 24.3 Å². The van der Waals surface area contributed by atoms with Gasteiger partial charge in [0.15, 0.2) is 11.5 Å². The average Bonchev–Trinajstić information content (AvgIpc) is 2.41. The number of amides is 2. The third-order valence-electron chi connectivity index (χ3n) is 2.25. The van der Waals surface area contributed by atoms with Crippen LogP contribution in [0.4, 0.5) is 4.79 Å². The molecule has 0 saturated carbocycles. The first kappa shape index (κ1) is 14.2. The first-order valence-electron chi connectivity index (χ1n) is 6.05. The molecule has 1 rings (SSSR count). The van der Waals surface area contributed by atoms with Crippen molar-refractivity contribution in [3.63, 3.8) is 0 Å². The molecule has 0 heterocycles. The topological polar surface area (TPSA) is 59.6 Å². The van der Waals surface area contributed by atoms with Gasteiger partial charge in [-0.3, -0.25) is 0 Å². The van der Waals surface area contributed by atoms with E-state index in [9.17, 15) is 4.79 Å². The van der Waals surface area contributed by atoms with Gasteiger partial charge in [-0.15, -0.1) is 0 Å². The molecule has 0 atom stereocenters. The molecule has 18 heavy (non-hydrogen) atoms. The van der Waals surface area contributed by atoms with Gasteiger partial charge >= 0.3 is 6.03 Å². The van der Waals surface area contributed by atoms with Gasteiger partial charge in [0.05, 0.1) is 13.7 Å². The maximum Gasteiger partial charge on any atom is 0.314 e. The predicted molar refractivity (Wildman–Crippen MR) is 70.2 cm³/mol. The zero-order valence-electron chi connectivity index (χ0n) is 10.9. The SMILES string of the molecule is CCCNC(=O)NCCOc1ccccc1OC. The van der Waals surface area contributed by atoms with Crippen LogP contribution in [0.25, 0.3) is 0 Å². The summed E-state index contributed by atoms with van der Waals surface area (Å²) in [7, 11) is 1.60. The van der Waals surface area contributed by atoms with Crippen molar-refractivity contribution < 1.29 is 14.3 Å². The maximum absolute atomic E-state index is 11.2. The zero-order chi connectivity index (χ0) is 13.2. The molecule has 0 radical (unpaired) electrons. The maximum atomic E-state index is 11.2. The Morgan fingerprint density at radius 3 is 2.50 bits per heavy atom. The molecular formula is C13H20N2O3. The van der Waals surface area contributed by atoms with E-state index >= 15 is 0 Å². The van der Waals surface area contributed by atoms with Gasteiger partial charge in [0.1, 0.15) is 6.61 Å². The first-order valence-corrected chi connectivity index (χ1v) is 6.05. The number of hydrogen-bond donors (Lipinski definition) is 2. The van der Waals surface area contributed by atoms with E-state index in [2.05, 4.69) is 10.6 Å². The molecule has 0 fully saturated rings. The minimum atomic E-state index is -0.166. The van der Waals surface area contributed by atoms with E-state index < -0.39 is 0 Å². The summed E-state index contributed by atoms with van der Waals surface area (Å²) < 4.78 is 10.7. The number of hydrogen-bond acceptors (Lipinski definition) is 3. The summed E-state index contributed by atoms with van der Waals surface area (Å²) in [5.74, 6) is 1.36. The Balaban J connectivity index is 2.23. The molecular weight excluding hydrogens is 232 g/mol. The molecule has 0 aliphatic rings. The minimum Gasteiger partial charge on any atom is -0.493 e. The molecule has 1 aromatic rings. The van der Waals surface area contributed by atoms with E-state index in [-0.39, 0.29) is 6.03 Å². The predicted octanol–water partition coefficient (Wildman–Crippen LogP) is 1.78. The Morgan fingerprint density at radius 1 is 1.17 bits per heavy atom. The number of ether oxygens (including phenoxy) is 2. The van der Waals surface area contributed by atoms with Crippen molar-refractivity contribution in [1.29, 1.82) is 0 Å². The largest absolute Gasteiger partial charge is 0.493 e. The van der Waals surface area contributed by atoms with Crippen LogP contribution in [0.3, 0.4) is 0 Å². The van der Waals surface area contributed by atoms with Crippen LogP contribution in [0.1, 0.15) is 13.3 Å². The summed E-state index contributed by atoms with van der Waals surface area (Å²) in [6.07, 6.45) is 0.922. The molecule has 2 N–H and O–H groups in total. The van der Waals surface area contributed by atoms with Gasteiger partial charge in [-0.25, -0.2) is 4.79 Å². The van der Waals surface area contributed by atoms with E-state index in [0.717, 1.165) is 6.42 Å². The molecule has 0 spiro atoms. The molecule has 5 heteroatoms. The van der Waals surface area contributed by atoms with E-state index in [4.69, 9.17) is 9.47 Å². The van der Waals surface area contributed by atoms with Crippen LogP contribution in [0.5, 0.6) is 11.5 Å². The third-order valence-corrected chi connectivity index (χ3v) is 2.25. The summed E-state index contributed by atoms with van der Waals surface area (Å²) in [6, 6.07) is 7.24. The molecule has 0 bridgehead atoms. The number of carbonyl (C=O) groups is 1. The second kappa shape index (κ2) is 8.22. The quantitative estimate of drug-likeness (QED) is 0.727. The number of urea groups is 1. The molecule has 0 aromatic heterocycles. The van der Waals surface area contributed by atoms with Crippen LogP contribution >= 0.6 is 0 Å². The van der Waals surface area contributed by atoms with Crippen molar-refractivity contribution >= 4 is 6.03 Å². The molecule has 100 valence electrons. The summed E-state index contributed by atoms with van der Waals surface area (Å²) in [4.78, 5) is 11.2. The standard InChI is InChI=1S/C13H20N2O3/c1-3-8-14-13(16)15-9-10-18-12-7-5-4-6-11(12)17-2/h4-7H,3,8-10H2,1-2H3,(H2,14,15,16). The third kappa shape index (κ3) is 4.95. The Morgan fingerprint density at radius 2 is 1.83 bits per heavy atom. The molecule has 2 amide bonds. The molecule has 1 aromatic carbocycles. The van der Waals surface area contributed by atoms with Gasteiger partial charge in [-0.2, -0.15) is 0 Å². The lowest BCUT2D eigenvalue weighted by atomic mass is 10.3. The number of nitrogens with one attached hydrogen (secondary N) is 2. The number of para-hydroxylation sites is 2. The van der Waals surface area contributed by atoms with Gasteiger partial charge in [-0.05, 0) is 18.6 Å². The second-order valence-electron chi connectivity index (χ2n) is 3.68. The Labute approximate surface area is 107 Å². The number of rotatable bonds is 7. The number of carbonyl (C=O) groups excluding carboxylic acids is 1.